The van der Waals surface area contributed by atoms with Crippen LogP contribution < -0.4 is 5.32 Å². The van der Waals surface area contributed by atoms with E-state index in [9.17, 15) is 4.79 Å². The molecule has 0 spiro atoms. The number of aromatic nitrogens is 2. The Hall–Kier alpha value is -2.12. The van der Waals surface area contributed by atoms with E-state index >= 15 is 0 Å². The largest absolute Gasteiger partial charge is 0.360 e. The maximum absolute atomic E-state index is 11.8. The minimum Gasteiger partial charge on any atom is -0.360 e. The van der Waals surface area contributed by atoms with Crippen LogP contribution in [-0.2, 0) is 10.5 Å². The second-order valence-electron chi connectivity index (χ2n) is 5.18. The lowest BCUT2D eigenvalue weighted by Crippen LogP contribution is -2.12. The first-order chi connectivity index (χ1) is 11.7. The van der Waals surface area contributed by atoms with Gasteiger partial charge < -0.3 is 9.84 Å². The van der Waals surface area contributed by atoms with E-state index < -0.39 is 0 Å². The van der Waals surface area contributed by atoms with Crippen LogP contribution in [0.15, 0.2) is 46.3 Å². The fourth-order valence-electron chi connectivity index (χ4n) is 2.06. The number of hydrogen-bond donors (Lipinski definition) is 1. The minimum atomic E-state index is -0.0564. The number of rotatable bonds is 7. The normalized spacial score (nSPS) is 10.7. The Bertz CT molecular complexity index is 799. The Balaban J connectivity index is 1.40. The fourth-order valence-corrected chi connectivity index (χ4v) is 3.82. The third kappa shape index (κ3) is 4.69. The van der Waals surface area contributed by atoms with E-state index in [4.69, 9.17) is 4.52 Å². The second-order valence-corrected chi connectivity index (χ2v) is 7.15. The van der Waals surface area contributed by atoms with E-state index in [1.54, 1.807) is 36.1 Å². The van der Waals surface area contributed by atoms with E-state index in [1.807, 2.05) is 18.2 Å². The lowest BCUT2D eigenvalue weighted by Gasteiger charge is -2.01. The first-order valence-electron chi connectivity index (χ1n) is 7.51. The van der Waals surface area contributed by atoms with Gasteiger partial charge in [0.05, 0.1) is 5.69 Å². The maximum atomic E-state index is 11.8. The van der Waals surface area contributed by atoms with Gasteiger partial charge in [0.1, 0.15) is 10.8 Å². The molecule has 0 saturated heterocycles. The van der Waals surface area contributed by atoms with Crippen molar-refractivity contribution in [3.63, 3.8) is 0 Å². The molecular formula is C17H17N3O2S2. The first-order valence-corrected chi connectivity index (χ1v) is 9.55. The predicted molar refractivity (Wildman–Crippen MR) is 98.2 cm³/mol. The van der Waals surface area contributed by atoms with Crippen LogP contribution in [0.4, 0.5) is 5.82 Å². The van der Waals surface area contributed by atoms with Gasteiger partial charge in [-0.25, -0.2) is 4.98 Å². The predicted octanol–water partition coefficient (Wildman–Crippen LogP) is 4.37. The fraction of sp³-hybridized carbons (Fsp3) is 0.235. The highest BCUT2D eigenvalue weighted by Gasteiger charge is 2.07. The lowest BCUT2D eigenvalue weighted by atomic mass is 10.2. The lowest BCUT2D eigenvalue weighted by molar-refractivity contribution is -0.115. The summed E-state index contributed by atoms with van der Waals surface area (Å²) in [4.78, 5) is 16.4. The van der Waals surface area contributed by atoms with Gasteiger partial charge in [0.15, 0.2) is 5.82 Å². The zero-order valence-electron chi connectivity index (χ0n) is 13.2. The Labute approximate surface area is 148 Å². The Morgan fingerprint density at radius 1 is 1.33 bits per heavy atom. The molecule has 2 heterocycles. The number of nitrogens with zero attached hydrogens (tertiary/aromatic N) is 2. The smallest absolute Gasteiger partial charge is 0.226 e. The molecule has 1 N–H and O–H groups in total. The molecule has 0 aliphatic heterocycles. The third-order valence-electron chi connectivity index (χ3n) is 3.19. The van der Waals surface area contributed by atoms with Gasteiger partial charge in [0, 0.05) is 34.9 Å². The summed E-state index contributed by atoms with van der Waals surface area (Å²) in [6.45, 7) is 1.79. The molecule has 1 amide bonds. The molecular weight excluding hydrogens is 342 g/mol. The van der Waals surface area contributed by atoms with E-state index in [-0.39, 0.29) is 5.91 Å². The number of thiazole rings is 1. The molecule has 0 radical (unpaired) electrons. The van der Waals surface area contributed by atoms with Crippen LogP contribution in [0.1, 0.15) is 17.9 Å². The van der Waals surface area contributed by atoms with Gasteiger partial charge >= 0.3 is 0 Å². The molecule has 0 aliphatic rings. The molecule has 3 aromatic rings. The van der Waals surface area contributed by atoms with Gasteiger partial charge in [-0.1, -0.05) is 35.5 Å². The zero-order chi connectivity index (χ0) is 16.8. The van der Waals surface area contributed by atoms with Crippen molar-refractivity contribution in [2.45, 2.75) is 19.1 Å². The molecule has 0 fully saturated rings. The standard InChI is InChI=1S/C17H17N3O2S2/c1-12-9-15(20-22-12)19-16(21)7-8-23-10-14-11-24-17(18-14)13-5-3-2-4-6-13/h2-6,9,11H,7-8,10H2,1H3,(H,19,20,21). The Morgan fingerprint density at radius 3 is 2.92 bits per heavy atom. The SMILES string of the molecule is Cc1cc(NC(=O)CCSCc2csc(-c3ccccc3)n2)no1. The summed E-state index contributed by atoms with van der Waals surface area (Å²) in [5.74, 6) is 2.63. The van der Waals surface area contributed by atoms with Gasteiger partial charge in [-0.3, -0.25) is 4.79 Å². The molecule has 0 atom stereocenters. The molecule has 3 rings (SSSR count). The van der Waals surface area contributed by atoms with Crippen molar-refractivity contribution in [3.05, 3.63) is 53.2 Å². The molecule has 0 unspecified atom stereocenters. The van der Waals surface area contributed by atoms with Crippen LogP contribution in [0.2, 0.25) is 0 Å². The first kappa shape index (κ1) is 16.7. The summed E-state index contributed by atoms with van der Waals surface area (Å²) >= 11 is 3.35. The van der Waals surface area contributed by atoms with E-state index in [1.165, 1.54) is 0 Å². The van der Waals surface area contributed by atoms with Crippen LogP contribution in [0.3, 0.4) is 0 Å². The summed E-state index contributed by atoms with van der Waals surface area (Å²) in [5.41, 5.74) is 2.19. The summed E-state index contributed by atoms with van der Waals surface area (Å²) in [7, 11) is 0. The summed E-state index contributed by atoms with van der Waals surface area (Å²) in [5, 5.41) is 9.57. The minimum absolute atomic E-state index is 0.0564. The number of aryl methyl sites for hydroxylation is 1. The Kier molecular flexibility index (Phi) is 5.66. The maximum Gasteiger partial charge on any atom is 0.226 e. The number of carbonyl (C=O) groups is 1. The molecule has 0 bridgehead atoms. The monoisotopic (exact) mass is 359 g/mol. The molecule has 0 saturated carbocycles. The number of carbonyl (C=O) groups excluding carboxylic acids is 1. The van der Waals surface area contributed by atoms with Crippen LogP contribution in [0.25, 0.3) is 10.6 Å². The van der Waals surface area contributed by atoms with Crippen molar-refractivity contribution in [2.75, 3.05) is 11.1 Å². The number of thioether (sulfide) groups is 1. The number of nitrogens with one attached hydrogen (secondary N) is 1. The summed E-state index contributed by atoms with van der Waals surface area (Å²) in [6, 6.07) is 11.8. The number of benzene rings is 1. The van der Waals surface area contributed by atoms with Crippen LogP contribution in [0.5, 0.6) is 0 Å². The highest BCUT2D eigenvalue weighted by molar-refractivity contribution is 7.98. The van der Waals surface area contributed by atoms with Gasteiger partial charge in [-0.2, -0.15) is 11.8 Å². The second kappa shape index (κ2) is 8.12. The average molecular weight is 359 g/mol. The molecule has 1 aromatic carbocycles. The summed E-state index contributed by atoms with van der Waals surface area (Å²) in [6.07, 6.45) is 0.437. The number of anilines is 1. The molecule has 7 heteroatoms. The third-order valence-corrected chi connectivity index (χ3v) is 5.12. The Morgan fingerprint density at radius 2 is 2.17 bits per heavy atom. The van der Waals surface area contributed by atoms with Gasteiger partial charge in [0.2, 0.25) is 5.91 Å². The quantitative estimate of drug-likeness (QED) is 0.635. The van der Waals surface area contributed by atoms with Gasteiger partial charge in [0.25, 0.3) is 0 Å². The van der Waals surface area contributed by atoms with E-state index in [0.717, 1.165) is 27.8 Å². The van der Waals surface area contributed by atoms with Crippen LogP contribution >= 0.6 is 23.1 Å². The topological polar surface area (TPSA) is 68.0 Å². The van der Waals surface area contributed by atoms with E-state index in [0.29, 0.717) is 18.0 Å². The van der Waals surface area contributed by atoms with Crippen LogP contribution in [0, 0.1) is 6.92 Å². The van der Waals surface area contributed by atoms with Gasteiger partial charge in [-0.05, 0) is 6.92 Å². The van der Waals surface area contributed by atoms with Crippen molar-refractivity contribution in [2.24, 2.45) is 0 Å². The van der Waals surface area contributed by atoms with Crippen molar-refractivity contribution >= 4 is 34.8 Å². The van der Waals surface area contributed by atoms with Crippen LogP contribution in [-0.4, -0.2) is 21.8 Å². The number of amides is 1. The zero-order valence-corrected chi connectivity index (χ0v) is 14.8. The van der Waals surface area contributed by atoms with E-state index in [2.05, 4.69) is 33.0 Å². The van der Waals surface area contributed by atoms with Crippen molar-refractivity contribution < 1.29 is 9.32 Å². The molecule has 124 valence electrons. The molecule has 2 aromatic heterocycles. The summed E-state index contributed by atoms with van der Waals surface area (Å²) < 4.78 is 4.91. The average Bonchev–Trinajstić information content (AvgIpc) is 3.22. The number of hydrogen-bond acceptors (Lipinski definition) is 6. The van der Waals surface area contributed by atoms with Crippen molar-refractivity contribution in [3.8, 4) is 10.6 Å². The molecule has 0 aliphatic carbocycles. The molecule has 24 heavy (non-hydrogen) atoms. The van der Waals surface area contributed by atoms with Gasteiger partial charge in [-0.15, -0.1) is 11.3 Å². The van der Waals surface area contributed by atoms with Crippen molar-refractivity contribution in [1.82, 2.24) is 10.1 Å². The van der Waals surface area contributed by atoms with Crippen molar-refractivity contribution in [1.29, 1.82) is 0 Å². The highest BCUT2D eigenvalue weighted by atomic mass is 32.2. The molecule has 5 nitrogen and oxygen atoms in total. The highest BCUT2D eigenvalue weighted by Crippen LogP contribution is 2.25.